The second-order valence-corrected chi connectivity index (χ2v) is 6.05. The Hall–Kier alpha value is -2.82. The summed E-state index contributed by atoms with van der Waals surface area (Å²) in [5.41, 5.74) is 4.61. The maximum atomic E-state index is 5.93. The van der Waals surface area contributed by atoms with Crippen molar-refractivity contribution in [3.05, 3.63) is 65.2 Å². The number of guanidine groups is 1. The van der Waals surface area contributed by atoms with E-state index in [1.807, 2.05) is 30.6 Å². The van der Waals surface area contributed by atoms with E-state index in [-0.39, 0.29) is 0 Å². The summed E-state index contributed by atoms with van der Waals surface area (Å²) in [7, 11) is 1.78. The Bertz CT molecular complexity index is 882. The van der Waals surface area contributed by atoms with Crippen molar-refractivity contribution < 1.29 is 4.42 Å². The molecule has 0 amide bonds. The molecule has 0 aliphatic carbocycles. The first-order valence-corrected chi connectivity index (χ1v) is 8.50. The van der Waals surface area contributed by atoms with Gasteiger partial charge in [0.1, 0.15) is 11.3 Å². The summed E-state index contributed by atoms with van der Waals surface area (Å²) in [5, 5.41) is 7.83. The molecule has 0 spiro atoms. The highest BCUT2D eigenvalue weighted by molar-refractivity contribution is 5.82. The molecule has 5 nitrogen and oxygen atoms in total. The van der Waals surface area contributed by atoms with E-state index in [1.165, 1.54) is 16.7 Å². The predicted molar refractivity (Wildman–Crippen MR) is 102 cm³/mol. The second-order valence-electron chi connectivity index (χ2n) is 6.05. The molecule has 0 saturated heterocycles. The highest BCUT2D eigenvalue weighted by Crippen LogP contribution is 2.24. The molecule has 1 aromatic carbocycles. The molecule has 0 aliphatic rings. The zero-order chi connectivity index (χ0) is 17.6. The molecule has 2 N–H and O–H groups in total. The van der Waals surface area contributed by atoms with Gasteiger partial charge >= 0.3 is 0 Å². The number of fused-ring (bicyclic) bond motifs is 1. The molecule has 25 heavy (non-hydrogen) atoms. The number of pyridine rings is 1. The third-order valence-corrected chi connectivity index (χ3v) is 4.41. The van der Waals surface area contributed by atoms with Gasteiger partial charge in [-0.15, -0.1) is 0 Å². The first-order chi connectivity index (χ1) is 12.2. The average Bonchev–Trinajstić information content (AvgIpc) is 2.96. The summed E-state index contributed by atoms with van der Waals surface area (Å²) in [5.74, 6) is 1.71. The molecule has 0 saturated carbocycles. The van der Waals surface area contributed by atoms with Crippen LogP contribution in [0.1, 0.15) is 22.5 Å². The lowest BCUT2D eigenvalue weighted by molar-refractivity contribution is 0.534. The van der Waals surface area contributed by atoms with E-state index in [1.54, 1.807) is 7.05 Å². The summed E-state index contributed by atoms with van der Waals surface area (Å²) in [6.45, 7) is 5.59. The molecule has 3 rings (SSSR count). The van der Waals surface area contributed by atoms with E-state index >= 15 is 0 Å². The summed E-state index contributed by atoms with van der Waals surface area (Å²) in [4.78, 5) is 8.41. The Kier molecular flexibility index (Phi) is 5.33. The Morgan fingerprint density at radius 1 is 1.16 bits per heavy atom. The minimum atomic E-state index is 0.606. The predicted octanol–water partition coefficient (Wildman–Crippen LogP) is 3.35. The Balaban J connectivity index is 1.55. The molecule has 2 heterocycles. The fourth-order valence-corrected chi connectivity index (χ4v) is 2.88. The highest BCUT2D eigenvalue weighted by Gasteiger charge is 2.10. The lowest BCUT2D eigenvalue weighted by atomic mass is 10.1. The van der Waals surface area contributed by atoms with Crippen LogP contribution in [-0.4, -0.2) is 24.5 Å². The first kappa shape index (κ1) is 17.0. The molecule has 3 aromatic rings. The van der Waals surface area contributed by atoms with Gasteiger partial charge in [-0.25, -0.2) is 0 Å². The van der Waals surface area contributed by atoms with Gasteiger partial charge in [-0.05, 0) is 43.5 Å². The lowest BCUT2D eigenvalue weighted by Crippen LogP contribution is -2.37. The number of hydrogen-bond donors (Lipinski definition) is 2. The number of rotatable bonds is 5. The maximum absolute atomic E-state index is 5.93. The van der Waals surface area contributed by atoms with Crippen molar-refractivity contribution in [3.63, 3.8) is 0 Å². The van der Waals surface area contributed by atoms with E-state index in [0.29, 0.717) is 6.54 Å². The van der Waals surface area contributed by atoms with Gasteiger partial charge < -0.3 is 15.1 Å². The maximum Gasteiger partial charge on any atom is 0.191 e. The van der Waals surface area contributed by atoms with Crippen molar-refractivity contribution in [2.45, 2.75) is 26.8 Å². The van der Waals surface area contributed by atoms with Crippen molar-refractivity contribution in [3.8, 4) is 0 Å². The molecule has 130 valence electrons. The summed E-state index contributed by atoms with van der Waals surface area (Å²) in [6, 6.07) is 10.2. The number of nitrogens with zero attached hydrogens (tertiary/aromatic N) is 2. The molecular weight excluding hydrogens is 312 g/mol. The van der Waals surface area contributed by atoms with Gasteiger partial charge in [0.2, 0.25) is 0 Å². The van der Waals surface area contributed by atoms with Crippen LogP contribution in [0, 0.1) is 13.8 Å². The molecule has 0 atom stereocenters. The van der Waals surface area contributed by atoms with E-state index in [9.17, 15) is 0 Å². The summed E-state index contributed by atoms with van der Waals surface area (Å²) in [6.07, 6.45) is 4.66. The highest BCUT2D eigenvalue weighted by atomic mass is 16.3. The van der Waals surface area contributed by atoms with Crippen LogP contribution in [-0.2, 0) is 13.0 Å². The molecule has 2 aromatic heterocycles. The van der Waals surface area contributed by atoms with Gasteiger partial charge in [-0.2, -0.15) is 0 Å². The Morgan fingerprint density at radius 3 is 2.76 bits per heavy atom. The van der Waals surface area contributed by atoms with E-state index in [4.69, 9.17) is 4.42 Å². The van der Waals surface area contributed by atoms with Crippen LogP contribution in [0.3, 0.4) is 0 Å². The van der Waals surface area contributed by atoms with Gasteiger partial charge in [-0.1, -0.05) is 18.2 Å². The number of aryl methyl sites for hydroxylation is 2. The normalized spacial score (nSPS) is 11.7. The van der Waals surface area contributed by atoms with Crippen LogP contribution >= 0.6 is 0 Å². The number of nitrogens with one attached hydrogen (secondary N) is 2. The van der Waals surface area contributed by atoms with Gasteiger partial charge in [0.25, 0.3) is 0 Å². The van der Waals surface area contributed by atoms with Crippen LogP contribution in [0.4, 0.5) is 0 Å². The SMILES string of the molecule is CN=C(NCCc1ccncc1C)NCc1oc2ccccc2c1C. The zero-order valence-corrected chi connectivity index (χ0v) is 15.0. The van der Waals surface area contributed by atoms with Gasteiger partial charge in [0, 0.05) is 36.9 Å². The van der Waals surface area contributed by atoms with Crippen molar-refractivity contribution in [1.29, 1.82) is 0 Å². The number of aromatic nitrogens is 1. The van der Waals surface area contributed by atoms with E-state index in [0.717, 1.165) is 35.7 Å². The van der Waals surface area contributed by atoms with E-state index in [2.05, 4.69) is 46.6 Å². The molecular formula is C20H24N4O. The third-order valence-electron chi connectivity index (χ3n) is 4.41. The summed E-state index contributed by atoms with van der Waals surface area (Å²) < 4.78 is 5.93. The van der Waals surface area contributed by atoms with Crippen molar-refractivity contribution in [1.82, 2.24) is 15.6 Å². The van der Waals surface area contributed by atoms with Crippen molar-refractivity contribution in [2.24, 2.45) is 4.99 Å². The van der Waals surface area contributed by atoms with Crippen LogP contribution in [0.2, 0.25) is 0 Å². The van der Waals surface area contributed by atoms with Crippen LogP contribution in [0.5, 0.6) is 0 Å². The smallest absolute Gasteiger partial charge is 0.191 e. The molecule has 0 bridgehead atoms. The van der Waals surface area contributed by atoms with Crippen LogP contribution in [0.25, 0.3) is 11.0 Å². The number of furan rings is 1. The standard InChI is InChI=1S/C20H24N4O/c1-14-12-22-10-8-16(14)9-11-23-20(21-3)24-13-19-15(2)17-6-4-5-7-18(17)25-19/h4-8,10,12H,9,11,13H2,1-3H3,(H2,21,23,24). The minimum Gasteiger partial charge on any atom is -0.459 e. The Morgan fingerprint density at radius 2 is 2.00 bits per heavy atom. The lowest BCUT2D eigenvalue weighted by Gasteiger charge is -2.12. The molecule has 0 fully saturated rings. The molecule has 0 unspecified atom stereocenters. The van der Waals surface area contributed by atoms with Gasteiger partial charge in [0.05, 0.1) is 6.54 Å². The largest absolute Gasteiger partial charge is 0.459 e. The second kappa shape index (κ2) is 7.83. The van der Waals surface area contributed by atoms with Crippen molar-refractivity contribution >= 4 is 16.9 Å². The van der Waals surface area contributed by atoms with Gasteiger partial charge in [-0.3, -0.25) is 9.98 Å². The number of para-hydroxylation sites is 1. The summed E-state index contributed by atoms with van der Waals surface area (Å²) >= 11 is 0. The third kappa shape index (κ3) is 3.99. The quantitative estimate of drug-likeness (QED) is 0.554. The molecule has 0 aliphatic heterocycles. The van der Waals surface area contributed by atoms with Crippen LogP contribution in [0.15, 0.2) is 52.1 Å². The number of benzene rings is 1. The van der Waals surface area contributed by atoms with Crippen molar-refractivity contribution in [2.75, 3.05) is 13.6 Å². The van der Waals surface area contributed by atoms with Gasteiger partial charge in [0.15, 0.2) is 5.96 Å². The average molecular weight is 336 g/mol. The topological polar surface area (TPSA) is 62.5 Å². The molecule has 5 heteroatoms. The first-order valence-electron chi connectivity index (χ1n) is 8.50. The fraction of sp³-hybridized carbons (Fsp3) is 0.300. The zero-order valence-electron chi connectivity index (χ0n) is 15.0. The number of hydrogen-bond acceptors (Lipinski definition) is 3. The molecule has 0 radical (unpaired) electrons. The van der Waals surface area contributed by atoms with Crippen LogP contribution < -0.4 is 10.6 Å². The minimum absolute atomic E-state index is 0.606. The fourth-order valence-electron chi connectivity index (χ4n) is 2.88. The monoisotopic (exact) mass is 336 g/mol. The Labute approximate surface area is 148 Å². The number of aliphatic imine (C=N–C) groups is 1. The van der Waals surface area contributed by atoms with E-state index < -0.39 is 0 Å².